The number of nitrogens with zero attached hydrogens (tertiary/aromatic N) is 1. The van der Waals surface area contributed by atoms with Crippen molar-refractivity contribution < 1.29 is 29.3 Å². The fourth-order valence-electron chi connectivity index (χ4n) is 1.53. The van der Waals surface area contributed by atoms with Gasteiger partial charge in [0.15, 0.2) is 17.2 Å². The predicted octanol–water partition coefficient (Wildman–Crippen LogP) is 2.64. The zero-order valence-electron chi connectivity index (χ0n) is 15.7. The summed E-state index contributed by atoms with van der Waals surface area (Å²) in [5, 5.41) is 17.9. The first-order valence-electron chi connectivity index (χ1n) is 8.28. The summed E-state index contributed by atoms with van der Waals surface area (Å²) in [5.41, 5.74) is 4.74. The van der Waals surface area contributed by atoms with Crippen LogP contribution in [-0.2, 0) is 9.53 Å². The van der Waals surface area contributed by atoms with Gasteiger partial charge in [-0.1, -0.05) is 32.0 Å². The Morgan fingerprint density at radius 2 is 1.74 bits per heavy atom. The highest BCUT2D eigenvalue weighted by atomic mass is 16.5. The highest BCUT2D eigenvalue weighted by Crippen LogP contribution is 2.26. The number of phenolic OH excluding ortho intramolecular Hbond substituents is 1. The smallest absolute Gasteiger partial charge is 0.305 e. The number of carbonyl (C=O) groups is 2. The molecule has 8 heteroatoms. The molecule has 0 saturated carbocycles. The molecule has 0 saturated heterocycles. The number of hydrogen-bond acceptors (Lipinski definition) is 7. The number of phenols is 1. The summed E-state index contributed by atoms with van der Waals surface area (Å²) in [4.78, 5) is 24.6. The first kappa shape index (κ1) is 23.7. The second-order valence-corrected chi connectivity index (χ2v) is 4.98. The van der Waals surface area contributed by atoms with Gasteiger partial charge in [-0.3, -0.25) is 9.59 Å². The summed E-state index contributed by atoms with van der Waals surface area (Å²) in [6, 6.07) is 10.1. The van der Waals surface area contributed by atoms with Gasteiger partial charge in [0.2, 0.25) is 0 Å². The van der Waals surface area contributed by atoms with Crippen LogP contribution in [0, 0.1) is 0 Å². The lowest BCUT2D eigenvalue weighted by molar-refractivity contribution is -0.143. The molecule has 0 atom stereocenters. The molecule has 1 aromatic heterocycles. The molecule has 2 aromatic rings. The largest absolute Gasteiger partial charge is 0.508 e. The average molecular weight is 378 g/mol. The molecule has 2 rings (SSSR count). The lowest BCUT2D eigenvalue weighted by Crippen LogP contribution is -2.13. The molecule has 8 nitrogen and oxygen atoms in total. The van der Waals surface area contributed by atoms with Crippen LogP contribution in [0.3, 0.4) is 0 Å². The van der Waals surface area contributed by atoms with Crippen molar-refractivity contribution in [1.82, 2.24) is 4.98 Å². The van der Waals surface area contributed by atoms with Gasteiger partial charge in [-0.05, 0) is 18.6 Å². The van der Waals surface area contributed by atoms with Crippen molar-refractivity contribution in [2.45, 2.75) is 26.7 Å². The number of amides is 1. The molecule has 1 aromatic carbocycles. The van der Waals surface area contributed by atoms with Crippen LogP contribution < -0.4 is 10.5 Å². The zero-order valence-corrected chi connectivity index (χ0v) is 15.7. The zero-order chi connectivity index (χ0) is 20.7. The maximum absolute atomic E-state index is 10.6. The van der Waals surface area contributed by atoms with Gasteiger partial charge in [0.1, 0.15) is 5.75 Å². The maximum Gasteiger partial charge on any atom is 0.305 e. The first-order valence-corrected chi connectivity index (χ1v) is 8.28. The molecule has 0 radical (unpaired) electrons. The summed E-state index contributed by atoms with van der Waals surface area (Å²) >= 11 is 0. The van der Waals surface area contributed by atoms with Crippen LogP contribution in [0.5, 0.6) is 17.2 Å². The third kappa shape index (κ3) is 10.3. The normalized spacial score (nSPS) is 9.00. The van der Waals surface area contributed by atoms with Crippen LogP contribution in [-0.4, -0.2) is 40.8 Å². The average Bonchev–Trinajstić information content (AvgIpc) is 2.67. The van der Waals surface area contributed by atoms with Gasteiger partial charge in [-0.25, -0.2) is 4.98 Å². The predicted molar refractivity (Wildman–Crippen MR) is 101 cm³/mol. The van der Waals surface area contributed by atoms with Crippen molar-refractivity contribution in [3.63, 3.8) is 0 Å². The third-order valence-corrected chi connectivity index (χ3v) is 2.85. The van der Waals surface area contributed by atoms with E-state index in [4.69, 9.17) is 20.3 Å². The van der Waals surface area contributed by atoms with E-state index in [0.717, 1.165) is 6.42 Å². The number of carbonyl (C=O) groups excluding carboxylic acids is 2. The molecule has 0 unspecified atom stereocenters. The molecule has 148 valence electrons. The van der Waals surface area contributed by atoms with Crippen LogP contribution in [0.25, 0.3) is 0 Å². The molecule has 0 aliphatic heterocycles. The van der Waals surface area contributed by atoms with E-state index in [9.17, 15) is 14.7 Å². The lowest BCUT2D eigenvalue weighted by atomic mass is 10.3. The Bertz CT molecular complexity index is 692. The standard InChI is InChI=1S/C7H8N2O3.C6H12O2.C6H6O/c1-12-4-2-3-9-5(6(4)10)7(8)11;1-3-5-8-6(7)4-2;7-6-4-2-1-3-5-6/h2-3,10H,1H3,(H2,8,11);3-5H2,1-2H3;1-5,7H. The van der Waals surface area contributed by atoms with Crippen LogP contribution in [0.1, 0.15) is 37.2 Å². The van der Waals surface area contributed by atoms with Crippen molar-refractivity contribution >= 4 is 11.9 Å². The van der Waals surface area contributed by atoms with E-state index in [0.29, 0.717) is 18.8 Å². The highest BCUT2D eigenvalue weighted by Gasteiger charge is 2.12. The van der Waals surface area contributed by atoms with Gasteiger partial charge in [-0.15, -0.1) is 0 Å². The van der Waals surface area contributed by atoms with Crippen molar-refractivity contribution in [2.24, 2.45) is 5.73 Å². The molecule has 27 heavy (non-hydrogen) atoms. The summed E-state index contributed by atoms with van der Waals surface area (Å²) < 4.78 is 9.44. The summed E-state index contributed by atoms with van der Waals surface area (Å²) in [5.74, 6) is -0.716. The number of rotatable bonds is 5. The summed E-state index contributed by atoms with van der Waals surface area (Å²) in [7, 11) is 1.37. The van der Waals surface area contributed by atoms with E-state index in [-0.39, 0.29) is 23.2 Å². The fraction of sp³-hybridized carbons (Fsp3) is 0.316. The molecule has 0 bridgehead atoms. The Hall–Kier alpha value is -3.29. The van der Waals surface area contributed by atoms with Crippen molar-refractivity contribution in [3.8, 4) is 17.2 Å². The van der Waals surface area contributed by atoms with Crippen molar-refractivity contribution in [3.05, 3.63) is 48.3 Å². The van der Waals surface area contributed by atoms with Crippen molar-refractivity contribution in [1.29, 1.82) is 0 Å². The Morgan fingerprint density at radius 3 is 2.15 bits per heavy atom. The molecule has 1 heterocycles. The van der Waals surface area contributed by atoms with Gasteiger partial charge in [-0.2, -0.15) is 0 Å². The number of aromatic nitrogens is 1. The van der Waals surface area contributed by atoms with Gasteiger partial charge in [0.05, 0.1) is 13.7 Å². The minimum absolute atomic E-state index is 0.105. The minimum Gasteiger partial charge on any atom is -0.508 e. The SMILES string of the molecule is CCCOC(=O)CC.COc1ccnc(C(N)=O)c1O.Oc1ccccc1. The summed E-state index contributed by atoms with van der Waals surface area (Å²) in [6.45, 7) is 4.33. The second-order valence-electron chi connectivity index (χ2n) is 4.98. The van der Waals surface area contributed by atoms with Gasteiger partial charge in [0, 0.05) is 18.7 Å². The maximum atomic E-state index is 10.6. The van der Waals surface area contributed by atoms with E-state index in [1.165, 1.54) is 19.4 Å². The number of primary amides is 1. The number of pyridine rings is 1. The number of aromatic hydroxyl groups is 2. The number of nitrogens with two attached hydrogens (primary N) is 1. The lowest BCUT2D eigenvalue weighted by Gasteiger charge is -2.03. The number of benzene rings is 1. The molecule has 0 fully saturated rings. The molecular formula is C19H26N2O6. The van der Waals surface area contributed by atoms with E-state index < -0.39 is 5.91 Å². The Balaban J connectivity index is 0.000000395. The second kappa shape index (κ2) is 13.9. The monoisotopic (exact) mass is 378 g/mol. The molecule has 1 amide bonds. The number of ether oxygens (including phenoxy) is 2. The van der Waals surface area contributed by atoms with E-state index in [1.54, 1.807) is 31.2 Å². The number of para-hydroxylation sites is 1. The van der Waals surface area contributed by atoms with Crippen LogP contribution in [0.15, 0.2) is 42.6 Å². The fourth-order valence-corrected chi connectivity index (χ4v) is 1.53. The molecular weight excluding hydrogens is 352 g/mol. The van der Waals surface area contributed by atoms with E-state index in [1.807, 2.05) is 13.0 Å². The molecule has 0 aliphatic rings. The summed E-state index contributed by atoms with van der Waals surface area (Å²) in [6.07, 6.45) is 2.73. The van der Waals surface area contributed by atoms with Crippen LogP contribution in [0.2, 0.25) is 0 Å². The minimum atomic E-state index is -0.786. The highest BCUT2D eigenvalue weighted by molar-refractivity contribution is 5.94. The van der Waals surface area contributed by atoms with Gasteiger partial charge in [0.25, 0.3) is 5.91 Å². The number of methoxy groups -OCH3 is 1. The quantitative estimate of drug-likeness (QED) is 0.681. The van der Waals surface area contributed by atoms with Crippen LogP contribution >= 0.6 is 0 Å². The van der Waals surface area contributed by atoms with E-state index >= 15 is 0 Å². The molecule has 0 aliphatic carbocycles. The van der Waals surface area contributed by atoms with Gasteiger partial charge >= 0.3 is 5.97 Å². The topological polar surface area (TPSA) is 132 Å². The Morgan fingerprint density at radius 1 is 1.11 bits per heavy atom. The first-order chi connectivity index (χ1) is 12.9. The number of hydrogen-bond donors (Lipinski definition) is 3. The molecule has 4 N–H and O–H groups in total. The van der Waals surface area contributed by atoms with Crippen molar-refractivity contribution in [2.75, 3.05) is 13.7 Å². The van der Waals surface area contributed by atoms with E-state index in [2.05, 4.69) is 4.98 Å². The Kier molecular flexibility index (Phi) is 12.2. The molecule has 0 spiro atoms. The number of esters is 1. The van der Waals surface area contributed by atoms with Gasteiger partial charge < -0.3 is 25.4 Å². The third-order valence-electron chi connectivity index (χ3n) is 2.85. The Labute approximate surface area is 158 Å². The van der Waals surface area contributed by atoms with Crippen LogP contribution in [0.4, 0.5) is 0 Å².